The van der Waals surface area contributed by atoms with Crippen molar-refractivity contribution in [1.29, 1.82) is 5.26 Å². The Balaban J connectivity index is 1.95. The van der Waals surface area contributed by atoms with Crippen molar-refractivity contribution >= 4 is 15.9 Å². The zero-order valence-corrected chi connectivity index (χ0v) is 12.7. The lowest BCUT2D eigenvalue weighted by Crippen LogP contribution is -2.39. The largest absolute Gasteiger partial charge is 0.492 e. The molecule has 0 radical (unpaired) electrons. The topological polar surface area (TPSA) is 66.1 Å². The summed E-state index contributed by atoms with van der Waals surface area (Å²) in [6.07, 6.45) is 1.06. The number of benzene rings is 1. The van der Waals surface area contributed by atoms with Crippen LogP contribution in [-0.4, -0.2) is 16.7 Å². The molecule has 2 unspecified atom stereocenters. The minimum absolute atomic E-state index is 0.152. The summed E-state index contributed by atoms with van der Waals surface area (Å²) in [6, 6.07) is 13.4. The Morgan fingerprint density at radius 1 is 1.33 bits per heavy atom. The third-order valence-electron chi connectivity index (χ3n) is 3.74. The molecule has 0 saturated heterocycles. The molecule has 0 amide bonds. The second-order valence-corrected chi connectivity index (χ2v) is 6.06. The van der Waals surface area contributed by atoms with Gasteiger partial charge in [-0.15, -0.1) is 0 Å². The van der Waals surface area contributed by atoms with Crippen LogP contribution in [0.4, 0.5) is 0 Å². The molecular formula is C16H13BrN2O2. The molecule has 5 heteroatoms. The molecule has 1 aromatic carbocycles. The number of fused-ring (bicyclic) bond motifs is 1. The molecule has 2 aromatic rings. The van der Waals surface area contributed by atoms with E-state index >= 15 is 0 Å². The summed E-state index contributed by atoms with van der Waals surface area (Å²) in [5.74, 6) is 0.777. The number of hydrogen-bond acceptors (Lipinski definition) is 4. The highest BCUT2D eigenvalue weighted by molar-refractivity contribution is 9.10. The highest BCUT2D eigenvalue weighted by Crippen LogP contribution is 2.42. The van der Waals surface area contributed by atoms with Gasteiger partial charge in [0, 0.05) is 17.1 Å². The highest BCUT2D eigenvalue weighted by Gasteiger charge is 2.44. The molecule has 0 bridgehead atoms. The van der Waals surface area contributed by atoms with Gasteiger partial charge in [0.1, 0.15) is 23.9 Å². The van der Waals surface area contributed by atoms with Gasteiger partial charge in [0.15, 0.2) is 0 Å². The number of aliphatic hydroxyl groups is 1. The summed E-state index contributed by atoms with van der Waals surface area (Å²) < 4.78 is 6.51. The van der Waals surface area contributed by atoms with E-state index in [1.165, 1.54) is 0 Å². The van der Waals surface area contributed by atoms with Crippen molar-refractivity contribution in [2.75, 3.05) is 6.61 Å². The number of nitrogens with zero attached hydrogens (tertiary/aromatic N) is 2. The molecule has 0 spiro atoms. The average molecular weight is 345 g/mol. The van der Waals surface area contributed by atoms with Crippen LogP contribution >= 0.6 is 15.9 Å². The van der Waals surface area contributed by atoms with Crippen LogP contribution < -0.4 is 4.74 Å². The second-order valence-electron chi connectivity index (χ2n) is 5.14. The third kappa shape index (κ3) is 2.53. The van der Waals surface area contributed by atoms with E-state index in [9.17, 15) is 10.4 Å². The van der Waals surface area contributed by atoms with Crippen molar-refractivity contribution in [2.45, 2.75) is 12.5 Å². The standard InChI is InChI=1S/C16H13BrN2O2/c17-12-5-6-13(19-8-12)15(20)16(9-18)7-11-3-1-2-4-14(11)21-10-16/h1-6,8,15,20H,7,10H2. The zero-order chi connectivity index (χ0) is 14.9. The van der Waals surface area contributed by atoms with Gasteiger partial charge in [0.2, 0.25) is 0 Å². The lowest BCUT2D eigenvalue weighted by Gasteiger charge is -2.35. The Morgan fingerprint density at radius 3 is 2.86 bits per heavy atom. The summed E-state index contributed by atoms with van der Waals surface area (Å²) >= 11 is 3.31. The van der Waals surface area contributed by atoms with E-state index < -0.39 is 11.5 Å². The Hall–Kier alpha value is -1.90. The van der Waals surface area contributed by atoms with Gasteiger partial charge in [-0.1, -0.05) is 18.2 Å². The average Bonchev–Trinajstić information content (AvgIpc) is 2.54. The van der Waals surface area contributed by atoms with Crippen molar-refractivity contribution in [2.24, 2.45) is 5.41 Å². The summed E-state index contributed by atoms with van der Waals surface area (Å²) in [5.41, 5.74) is 0.388. The first-order chi connectivity index (χ1) is 10.1. The summed E-state index contributed by atoms with van der Waals surface area (Å²) in [4.78, 5) is 4.20. The second kappa shape index (κ2) is 5.47. The number of nitriles is 1. The maximum absolute atomic E-state index is 10.6. The van der Waals surface area contributed by atoms with Crippen molar-refractivity contribution in [3.05, 3.63) is 58.3 Å². The Kier molecular flexibility index (Phi) is 3.66. The number of aliphatic hydroxyl groups excluding tert-OH is 1. The van der Waals surface area contributed by atoms with Crippen LogP contribution in [0.15, 0.2) is 47.1 Å². The van der Waals surface area contributed by atoms with Crippen molar-refractivity contribution in [1.82, 2.24) is 4.98 Å². The molecule has 1 aliphatic heterocycles. The SMILES string of the molecule is N#CC1(C(O)c2ccc(Br)cn2)COc2ccccc2C1. The molecule has 3 rings (SSSR count). The van der Waals surface area contributed by atoms with Gasteiger partial charge in [0.05, 0.1) is 11.8 Å². The molecule has 1 N–H and O–H groups in total. The quantitative estimate of drug-likeness (QED) is 0.909. The predicted octanol–water partition coefficient (Wildman–Crippen LogP) is 3.02. The van der Waals surface area contributed by atoms with Gasteiger partial charge in [0.25, 0.3) is 0 Å². The van der Waals surface area contributed by atoms with Gasteiger partial charge in [-0.3, -0.25) is 4.98 Å². The highest BCUT2D eigenvalue weighted by atomic mass is 79.9. The maximum Gasteiger partial charge on any atom is 0.127 e. The molecule has 0 saturated carbocycles. The van der Waals surface area contributed by atoms with Crippen molar-refractivity contribution in [3.63, 3.8) is 0 Å². The van der Waals surface area contributed by atoms with Gasteiger partial charge >= 0.3 is 0 Å². The van der Waals surface area contributed by atoms with Gasteiger partial charge in [-0.2, -0.15) is 5.26 Å². The molecular weight excluding hydrogens is 332 g/mol. The van der Waals surface area contributed by atoms with Crippen LogP contribution in [-0.2, 0) is 6.42 Å². The molecule has 2 atom stereocenters. The summed E-state index contributed by atoms with van der Waals surface area (Å²) in [5, 5.41) is 20.3. The number of hydrogen-bond donors (Lipinski definition) is 1. The van der Waals surface area contributed by atoms with E-state index in [0.717, 1.165) is 15.8 Å². The molecule has 4 nitrogen and oxygen atoms in total. The molecule has 0 aliphatic carbocycles. The third-order valence-corrected chi connectivity index (χ3v) is 4.21. The zero-order valence-electron chi connectivity index (χ0n) is 11.2. The van der Waals surface area contributed by atoms with E-state index in [2.05, 4.69) is 27.0 Å². The fourth-order valence-electron chi connectivity index (χ4n) is 2.53. The van der Waals surface area contributed by atoms with E-state index in [1.807, 2.05) is 24.3 Å². The van der Waals surface area contributed by atoms with Crippen LogP contribution in [0.3, 0.4) is 0 Å². The molecule has 0 fully saturated rings. The van der Waals surface area contributed by atoms with Crippen LogP contribution in [0, 0.1) is 16.7 Å². The van der Waals surface area contributed by atoms with Gasteiger partial charge in [-0.05, 0) is 39.7 Å². The van der Waals surface area contributed by atoms with Crippen LogP contribution in [0.2, 0.25) is 0 Å². The minimum Gasteiger partial charge on any atom is -0.492 e. The van der Waals surface area contributed by atoms with Crippen molar-refractivity contribution < 1.29 is 9.84 Å². The van der Waals surface area contributed by atoms with Gasteiger partial charge < -0.3 is 9.84 Å². The fourth-order valence-corrected chi connectivity index (χ4v) is 2.76. The first-order valence-corrected chi connectivity index (χ1v) is 7.35. The molecule has 21 heavy (non-hydrogen) atoms. The van der Waals surface area contributed by atoms with Crippen LogP contribution in [0.5, 0.6) is 5.75 Å². The minimum atomic E-state index is -1.02. The smallest absolute Gasteiger partial charge is 0.127 e. The maximum atomic E-state index is 10.6. The first kappa shape index (κ1) is 14.1. The fraction of sp³-hybridized carbons (Fsp3) is 0.250. The van der Waals surface area contributed by atoms with Crippen molar-refractivity contribution in [3.8, 4) is 11.8 Å². The Morgan fingerprint density at radius 2 is 2.14 bits per heavy atom. The van der Waals surface area contributed by atoms with E-state index in [0.29, 0.717) is 12.1 Å². The number of rotatable bonds is 2. The molecule has 106 valence electrons. The van der Waals surface area contributed by atoms with Crippen LogP contribution in [0.1, 0.15) is 17.4 Å². The van der Waals surface area contributed by atoms with E-state index in [-0.39, 0.29) is 6.61 Å². The van der Waals surface area contributed by atoms with Gasteiger partial charge in [-0.25, -0.2) is 0 Å². The normalized spacial score (nSPS) is 21.8. The monoisotopic (exact) mass is 344 g/mol. The Bertz CT molecular complexity index is 696. The number of aromatic nitrogens is 1. The molecule has 1 aliphatic rings. The Labute approximate surface area is 131 Å². The summed E-state index contributed by atoms with van der Waals surface area (Å²) in [6.45, 7) is 0.152. The summed E-state index contributed by atoms with van der Waals surface area (Å²) in [7, 11) is 0. The van der Waals surface area contributed by atoms with E-state index in [1.54, 1.807) is 18.3 Å². The molecule has 2 heterocycles. The lowest BCUT2D eigenvalue weighted by molar-refractivity contribution is 0.0144. The molecule has 1 aromatic heterocycles. The van der Waals surface area contributed by atoms with Crippen LogP contribution in [0.25, 0.3) is 0 Å². The number of pyridine rings is 1. The number of halogens is 1. The van der Waals surface area contributed by atoms with E-state index in [4.69, 9.17) is 4.74 Å². The number of para-hydroxylation sites is 1. The first-order valence-electron chi connectivity index (χ1n) is 6.56. The number of ether oxygens (including phenoxy) is 1. The lowest BCUT2D eigenvalue weighted by atomic mass is 9.75. The predicted molar refractivity (Wildman–Crippen MR) is 80.6 cm³/mol.